The van der Waals surface area contributed by atoms with Crippen molar-refractivity contribution in [1.82, 2.24) is 5.32 Å². The molecule has 44 heavy (non-hydrogen) atoms. The molecule has 1 aliphatic carbocycles. The fraction of sp³-hybridized carbons (Fsp3) is 0.421. The van der Waals surface area contributed by atoms with Crippen LogP contribution in [0.4, 0.5) is 18.9 Å². The van der Waals surface area contributed by atoms with Crippen LogP contribution in [0.25, 0.3) is 0 Å². The predicted octanol–water partition coefficient (Wildman–Crippen LogP) is 11.2. The molecule has 2 fully saturated rings. The van der Waals surface area contributed by atoms with Crippen LogP contribution in [0.15, 0.2) is 78.9 Å². The van der Waals surface area contributed by atoms with Gasteiger partial charge in [0.05, 0.1) is 4.90 Å². The van der Waals surface area contributed by atoms with E-state index in [1.807, 2.05) is 13.8 Å². The van der Waals surface area contributed by atoms with Crippen molar-refractivity contribution in [3.63, 3.8) is 0 Å². The third kappa shape index (κ3) is 10.0. The van der Waals surface area contributed by atoms with Gasteiger partial charge in [-0.25, -0.2) is 13.2 Å². The maximum absolute atomic E-state index is 12.7. The molecule has 1 atom stereocenters. The molecule has 1 heterocycles. The Balaban J connectivity index is 0.000000377. The predicted molar refractivity (Wildman–Crippen MR) is 185 cm³/mol. The number of rotatable bonds is 6. The summed E-state index contributed by atoms with van der Waals surface area (Å²) in [4.78, 5) is 1.85. The van der Waals surface area contributed by atoms with Gasteiger partial charge in [0.1, 0.15) is 5.82 Å². The van der Waals surface area contributed by atoms with Crippen LogP contribution in [0.2, 0.25) is 0 Å². The smallest absolute Gasteiger partial charge is 0.175 e. The lowest BCUT2D eigenvalue weighted by molar-refractivity contribution is 0.443. The zero-order valence-electron chi connectivity index (χ0n) is 27.3. The lowest BCUT2D eigenvalue weighted by Crippen LogP contribution is -2.34. The highest BCUT2D eigenvalue weighted by Gasteiger charge is 2.23. The minimum absolute atomic E-state index is 0.0499. The molecule has 3 aromatic carbocycles. The highest BCUT2D eigenvalue weighted by atomic mass is 32.1. The molecular formula is C38H51F3N2S. The molecule has 1 aliphatic heterocycles. The van der Waals surface area contributed by atoms with Gasteiger partial charge in [-0.15, -0.1) is 25.8 Å². The molecule has 240 valence electrons. The first-order valence-corrected chi connectivity index (χ1v) is 16.3. The highest BCUT2D eigenvalue weighted by molar-refractivity contribution is 7.80. The maximum Gasteiger partial charge on any atom is 0.175 e. The van der Waals surface area contributed by atoms with Gasteiger partial charge < -0.3 is 10.2 Å². The van der Waals surface area contributed by atoms with Gasteiger partial charge in [-0.3, -0.25) is 0 Å². The van der Waals surface area contributed by atoms with E-state index < -0.39 is 22.3 Å². The zero-order valence-corrected chi connectivity index (χ0v) is 28.2. The molecule has 3 aromatic rings. The fourth-order valence-electron chi connectivity index (χ4n) is 5.64. The number of thiol groups is 1. The van der Waals surface area contributed by atoms with Gasteiger partial charge in [0.25, 0.3) is 0 Å². The summed E-state index contributed by atoms with van der Waals surface area (Å²) < 4.78 is 37.6. The van der Waals surface area contributed by atoms with Crippen molar-refractivity contribution in [3.8, 4) is 0 Å². The lowest BCUT2D eigenvalue weighted by Gasteiger charge is -2.31. The Kier molecular flexibility index (Phi) is 15.9. The number of halogens is 3. The Morgan fingerprint density at radius 1 is 0.818 bits per heavy atom. The minimum atomic E-state index is -1.24. The summed E-state index contributed by atoms with van der Waals surface area (Å²) >= 11 is 3.46. The second kappa shape index (κ2) is 18.8. The number of anilines is 1. The highest BCUT2D eigenvalue weighted by Crippen LogP contribution is 2.33. The van der Waals surface area contributed by atoms with Crippen LogP contribution in [-0.2, 0) is 6.54 Å². The number of nitrogens with one attached hydrogen (secondary N) is 1. The summed E-state index contributed by atoms with van der Waals surface area (Å²) in [7, 11) is 0. The monoisotopic (exact) mass is 624 g/mol. The van der Waals surface area contributed by atoms with E-state index in [0.717, 1.165) is 25.1 Å². The van der Waals surface area contributed by atoms with Gasteiger partial charge in [-0.2, -0.15) is 0 Å². The van der Waals surface area contributed by atoms with E-state index in [-0.39, 0.29) is 5.56 Å². The third-order valence-electron chi connectivity index (χ3n) is 8.32. The van der Waals surface area contributed by atoms with Crippen LogP contribution in [0.5, 0.6) is 0 Å². The van der Waals surface area contributed by atoms with Crippen molar-refractivity contribution in [3.05, 3.63) is 119 Å². The van der Waals surface area contributed by atoms with E-state index in [4.69, 9.17) is 0 Å². The molecule has 0 aromatic heterocycles. The number of aryl methyl sites for hydroxylation is 3. The normalized spacial score (nSPS) is 16.0. The van der Waals surface area contributed by atoms with Gasteiger partial charge in [0.2, 0.25) is 0 Å². The van der Waals surface area contributed by atoms with Crippen molar-refractivity contribution in [2.75, 3.05) is 11.4 Å². The Bertz CT molecular complexity index is 1300. The third-order valence-corrected chi connectivity index (χ3v) is 8.72. The second-order valence-corrected chi connectivity index (χ2v) is 11.7. The molecule has 1 saturated carbocycles. The van der Waals surface area contributed by atoms with E-state index in [0.29, 0.717) is 6.04 Å². The topological polar surface area (TPSA) is 15.3 Å². The zero-order chi connectivity index (χ0) is 32.8. The van der Waals surface area contributed by atoms with Crippen LogP contribution in [0, 0.1) is 38.2 Å². The van der Waals surface area contributed by atoms with Crippen LogP contribution < -0.4 is 10.2 Å². The summed E-state index contributed by atoms with van der Waals surface area (Å²) in [5, 5.41) is 3.63. The summed E-state index contributed by atoms with van der Waals surface area (Å²) in [6.07, 6.45) is 9.33. The molecule has 1 unspecified atom stereocenters. The molecule has 2 aliphatic rings. The van der Waals surface area contributed by atoms with Gasteiger partial charge in [-0.1, -0.05) is 70.0 Å². The van der Waals surface area contributed by atoms with E-state index >= 15 is 0 Å². The molecule has 0 radical (unpaired) electrons. The van der Waals surface area contributed by atoms with Crippen molar-refractivity contribution >= 4 is 18.3 Å². The molecule has 6 heteroatoms. The molecule has 0 spiro atoms. The van der Waals surface area contributed by atoms with Crippen LogP contribution >= 0.6 is 12.6 Å². The number of benzene rings is 3. The first-order chi connectivity index (χ1) is 21.2. The summed E-state index contributed by atoms with van der Waals surface area (Å²) in [5.74, 6) is -2.36. The Morgan fingerprint density at radius 3 is 2.02 bits per heavy atom. The minimum Gasteiger partial charge on any atom is -0.340 e. The first-order valence-electron chi connectivity index (χ1n) is 15.8. The maximum atomic E-state index is 12.7. The molecule has 0 amide bonds. The lowest BCUT2D eigenvalue weighted by atomic mass is 9.84. The largest absolute Gasteiger partial charge is 0.340 e. The van der Waals surface area contributed by atoms with E-state index in [2.05, 4.69) is 98.9 Å². The number of nitrogens with zero attached hydrogens (tertiary/aromatic N) is 1. The first kappa shape index (κ1) is 37.2. The van der Waals surface area contributed by atoms with E-state index in [1.165, 1.54) is 85.5 Å². The Labute approximate surface area is 269 Å². The van der Waals surface area contributed by atoms with Gasteiger partial charge >= 0.3 is 0 Å². The molecular weight excluding hydrogens is 573 g/mol. The molecule has 0 bridgehead atoms. The van der Waals surface area contributed by atoms with Crippen molar-refractivity contribution in [1.29, 1.82) is 0 Å². The molecule has 2 nitrogen and oxygen atoms in total. The average Bonchev–Trinajstić information content (AvgIpc) is 3.61. The van der Waals surface area contributed by atoms with E-state index in [1.54, 1.807) is 0 Å². The van der Waals surface area contributed by atoms with Crippen LogP contribution in [0.1, 0.15) is 92.5 Å². The van der Waals surface area contributed by atoms with E-state index in [9.17, 15) is 13.2 Å². The summed E-state index contributed by atoms with van der Waals surface area (Å²) in [6, 6.07) is 17.4. The summed E-state index contributed by atoms with van der Waals surface area (Å²) in [5.41, 5.74) is 8.08. The Hall–Kier alpha value is -2.96. The SMILES string of the molecule is C=C.C=C(C1CCCN1)N(Cc1ccc(C2CCCCC2)cc1)c1ccc(C)c(C)c1.CC.Cc1cc(F)c(F)c(S)c1F. The van der Waals surface area contributed by atoms with Crippen LogP contribution in [-0.4, -0.2) is 12.6 Å². The number of hydrogen-bond donors (Lipinski definition) is 2. The fourth-order valence-corrected chi connectivity index (χ4v) is 5.92. The van der Waals surface area contributed by atoms with Gasteiger partial charge in [0, 0.05) is 24.0 Å². The average molecular weight is 625 g/mol. The molecule has 1 N–H and O–H groups in total. The van der Waals surface area contributed by atoms with Crippen LogP contribution in [0.3, 0.4) is 0 Å². The summed E-state index contributed by atoms with van der Waals surface area (Å²) in [6.45, 7) is 22.2. The molecule has 1 saturated heterocycles. The van der Waals surface area contributed by atoms with Crippen molar-refractivity contribution < 1.29 is 13.2 Å². The number of hydrogen-bond acceptors (Lipinski definition) is 3. The second-order valence-electron chi connectivity index (χ2n) is 11.2. The Morgan fingerprint density at radius 2 is 1.45 bits per heavy atom. The van der Waals surface area contributed by atoms with Gasteiger partial charge in [-0.05, 0) is 105 Å². The quantitative estimate of drug-likeness (QED) is 0.161. The van der Waals surface area contributed by atoms with Crippen molar-refractivity contribution in [2.45, 2.75) is 103 Å². The van der Waals surface area contributed by atoms with Crippen molar-refractivity contribution in [2.24, 2.45) is 0 Å². The van der Waals surface area contributed by atoms with Gasteiger partial charge in [0.15, 0.2) is 11.6 Å². The molecule has 5 rings (SSSR count). The standard InChI is InChI=1S/C27H36N2.C7H5F3S.C2H6.C2H4/c1-20-11-16-26(18-21(20)2)29(22(3)27-10-7-17-28-27)19-23-12-14-25(15-13-23)24-8-5-4-6-9-24;1-3-2-4(8)6(10)7(11)5(3)9;2*1-2/h11-16,18,24,27-28H,3-10,17,19H2,1-2H3;2,11H,1H3;1-2H3;1-2H2.